The van der Waals surface area contributed by atoms with E-state index in [1.165, 1.54) is 24.3 Å². The topological polar surface area (TPSA) is 105 Å². The predicted octanol–water partition coefficient (Wildman–Crippen LogP) is 3.79. The molecule has 3 rings (SSSR count). The van der Waals surface area contributed by atoms with Gasteiger partial charge in [-0.1, -0.05) is 29.8 Å². The number of non-ortho nitro benzene ring substituents is 1. The number of amides is 2. The quantitative estimate of drug-likeness (QED) is 0.445. The molecule has 8 nitrogen and oxygen atoms in total. The largest absolute Gasteiger partial charge is 0.356 e. The van der Waals surface area contributed by atoms with E-state index in [-0.39, 0.29) is 39.9 Å². The SMILES string of the molecule is CC(C(=O)Nc1cc([N+](=O)[O-])ccc1Cl)N1CCC(C(=O)NCCc2ccccc2F)CC1. The van der Waals surface area contributed by atoms with Crippen LogP contribution < -0.4 is 10.6 Å². The lowest BCUT2D eigenvalue weighted by Crippen LogP contribution is -2.48. The van der Waals surface area contributed by atoms with Crippen LogP contribution in [0.4, 0.5) is 15.8 Å². The van der Waals surface area contributed by atoms with E-state index in [9.17, 15) is 24.1 Å². The van der Waals surface area contributed by atoms with Crippen LogP contribution in [0, 0.1) is 21.8 Å². The van der Waals surface area contributed by atoms with Crippen LogP contribution in [0.2, 0.25) is 5.02 Å². The van der Waals surface area contributed by atoms with Crippen LogP contribution in [0.1, 0.15) is 25.3 Å². The van der Waals surface area contributed by atoms with Gasteiger partial charge in [-0.2, -0.15) is 0 Å². The van der Waals surface area contributed by atoms with Crippen LogP contribution in [0.3, 0.4) is 0 Å². The van der Waals surface area contributed by atoms with Crippen molar-refractivity contribution in [3.05, 3.63) is 69.0 Å². The van der Waals surface area contributed by atoms with Gasteiger partial charge in [0.1, 0.15) is 5.82 Å². The van der Waals surface area contributed by atoms with Gasteiger partial charge in [-0.15, -0.1) is 0 Å². The summed E-state index contributed by atoms with van der Waals surface area (Å²) in [5.74, 6) is -0.835. The smallest absolute Gasteiger partial charge is 0.271 e. The van der Waals surface area contributed by atoms with Gasteiger partial charge in [0.2, 0.25) is 11.8 Å². The fraction of sp³-hybridized carbons (Fsp3) is 0.391. The Kier molecular flexibility index (Phi) is 8.35. The molecule has 0 aromatic heterocycles. The predicted molar refractivity (Wildman–Crippen MR) is 124 cm³/mol. The Labute approximate surface area is 196 Å². The van der Waals surface area contributed by atoms with Crippen molar-refractivity contribution in [3.63, 3.8) is 0 Å². The summed E-state index contributed by atoms with van der Waals surface area (Å²) in [7, 11) is 0. The Morgan fingerprint density at radius 1 is 1.24 bits per heavy atom. The number of benzene rings is 2. The molecule has 2 aromatic carbocycles. The highest BCUT2D eigenvalue weighted by Crippen LogP contribution is 2.27. The number of nitro groups is 1. The van der Waals surface area contributed by atoms with Crippen molar-refractivity contribution in [1.82, 2.24) is 10.2 Å². The summed E-state index contributed by atoms with van der Waals surface area (Å²) in [6.07, 6.45) is 1.62. The zero-order chi connectivity index (χ0) is 24.0. The van der Waals surface area contributed by atoms with Crippen molar-refractivity contribution < 1.29 is 18.9 Å². The van der Waals surface area contributed by atoms with Gasteiger partial charge >= 0.3 is 0 Å². The fourth-order valence-electron chi connectivity index (χ4n) is 3.84. The Bertz CT molecular complexity index is 1030. The van der Waals surface area contributed by atoms with Crippen LogP contribution in [-0.2, 0) is 16.0 Å². The lowest BCUT2D eigenvalue weighted by Gasteiger charge is -2.34. The lowest BCUT2D eigenvalue weighted by atomic mass is 9.94. The lowest BCUT2D eigenvalue weighted by molar-refractivity contribution is -0.384. The summed E-state index contributed by atoms with van der Waals surface area (Å²) in [5.41, 5.74) is 0.590. The van der Waals surface area contributed by atoms with Crippen molar-refractivity contribution in [2.75, 3.05) is 25.0 Å². The molecule has 176 valence electrons. The molecule has 2 N–H and O–H groups in total. The van der Waals surface area contributed by atoms with Crippen molar-refractivity contribution in [2.45, 2.75) is 32.2 Å². The second-order valence-electron chi connectivity index (χ2n) is 8.03. The highest BCUT2D eigenvalue weighted by atomic mass is 35.5. The van der Waals surface area contributed by atoms with Gasteiger partial charge in [0, 0.05) is 24.6 Å². The Hall–Kier alpha value is -3.04. The summed E-state index contributed by atoms with van der Waals surface area (Å²) in [5, 5.41) is 16.7. The molecule has 1 aliphatic heterocycles. The van der Waals surface area contributed by atoms with Crippen molar-refractivity contribution in [2.24, 2.45) is 5.92 Å². The second kappa shape index (κ2) is 11.2. The minimum Gasteiger partial charge on any atom is -0.356 e. The molecule has 0 bridgehead atoms. The summed E-state index contributed by atoms with van der Waals surface area (Å²) < 4.78 is 13.7. The standard InChI is InChI=1S/C23H26ClFN4O4/c1-15(22(30)27-21-14-18(29(32)33)6-7-19(21)24)28-12-9-17(10-13-28)23(31)26-11-8-16-4-2-3-5-20(16)25/h2-7,14-15,17H,8-13H2,1H3,(H,26,31)(H,27,30). The number of nitrogens with one attached hydrogen (secondary N) is 2. The van der Waals surface area contributed by atoms with Crippen molar-refractivity contribution in [3.8, 4) is 0 Å². The van der Waals surface area contributed by atoms with Crippen LogP contribution in [0.25, 0.3) is 0 Å². The summed E-state index contributed by atoms with van der Waals surface area (Å²) in [6.45, 7) is 3.23. The minimum absolute atomic E-state index is 0.0635. The molecular formula is C23H26ClFN4O4. The Morgan fingerprint density at radius 2 is 1.94 bits per heavy atom. The zero-order valence-electron chi connectivity index (χ0n) is 18.2. The highest BCUT2D eigenvalue weighted by Gasteiger charge is 2.30. The number of hydrogen-bond donors (Lipinski definition) is 2. The number of hydrogen-bond acceptors (Lipinski definition) is 5. The van der Waals surface area contributed by atoms with Crippen LogP contribution in [0.5, 0.6) is 0 Å². The van der Waals surface area contributed by atoms with Gasteiger partial charge in [-0.05, 0) is 57.0 Å². The van der Waals surface area contributed by atoms with Gasteiger partial charge in [0.25, 0.3) is 5.69 Å². The third-order valence-electron chi connectivity index (χ3n) is 5.90. The summed E-state index contributed by atoms with van der Waals surface area (Å²) >= 11 is 6.06. The molecular weight excluding hydrogens is 451 g/mol. The maximum absolute atomic E-state index is 13.7. The molecule has 1 aliphatic rings. The molecule has 0 saturated carbocycles. The first kappa shape index (κ1) is 24.6. The molecule has 10 heteroatoms. The number of likely N-dealkylation sites (tertiary alicyclic amines) is 1. The summed E-state index contributed by atoms with van der Waals surface area (Å²) in [4.78, 5) is 37.5. The molecule has 0 radical (unpaired) electrons. The molecule has 2 aromatic rings. The number of halogens is 2. The maximum Gasteiger partial charge on any atom is 0.271 e. The maximum atomic E-state index is 13.7. The first-order valence-electron chi connectivity index (χ1n) is 10.8. The van der Waals surface area contributed by atoms with Gasteiger partial charge in [-0.25, -0.2) is 4.39 Å². The highest BCUT2D eigenvalue weighted by molar-refractivity contribution is 6.33. The number of anilines is 1. The number of piperidine rings is 1. The van der Waals surface area contributed by atoms with Gasteiger partial charge in [0.15, 0.2) is 0 Å². The number of rotatable bonds is 8. The first-order chi connectivity index (χ1) is 15.8. The molecule has 0 spiro atoms. The first-order valence-corrected chi connectivity index (χ1v) is 11.1. The van der Waals surface area contributed by atoms with Crippen LogP contribution in [-0.4, -0.2) is 47.3 Å². The fourth-order valence-corrected chi connectivity index (χ4v) is 4.01. The van der Waals surface area contributed by atoms with Gasteiger partial charge in [0.05, 0.1) is 21.7 Å². The van der Waals surface area contributed by atoms with Crippen LogP contribution >= 0.6 is 11.6 Å². The second-order valence-corrected chi connectivity index (χ2v) is 8.44. The van der Waals surface area contributed by atoms with E-state index >= 15 is 0 Å². The molecule has 1 unspecified atom stereocenters. The van der Waals surface area contributed by atoms with Crippen LogP contribution in [0.15, 0.2) is 42.5 Å². The molecule has 1 atom stereocenters. The molecule has 2 amide bonds. The number of carbonyl (C=O) groups excluding carboxylic acids is 2. The third kappa shape index (κ3) is 6.49. The Morgan fingerprint density at radius 3 is 2.61 bits per heavy atom. The van der Waals surface area contributed by atoms with Gasteiger partial charge < -0.3 is 10.6 Å². The zero-order valence-corrected chi connectivity index (χ0v) is 19.0. The molecule has 0 aliphatic carbocycles. The molecule has 1 heterocycles. The number of carbonyl (C=O) groups is 2. The van der Waals surface area contributed by atoms with E-state index in [0.717, 1.165) is 0 Å². The van der Waals surface area contributed by atoms with E-state index in [0.29, 0.717) is 44.5 Å². The normalized spacial score (nSPS) is 15.6. The van der Waals surface area contributed by atoms with E-state index in [1.54, 1.807) is 25.1 Å². The minimum atomic E-state index is -0.554. The van der Waals surface area contributed by atoms with E-state index in [1.807, 2.05) is 4.90 Å². The Balaban J connectivity index is 1.46. The molecule has 1 fully saturated rings. The number of nitro benzene ring substituents is 1. The average Bonchev–Trinajstić information content (AvgIpc) is 2.81. The third-order valence-corrected chi connectivity index (χ3v) is 6.23. The molecule has 33 heavy (non-hydrogen) atoms. The van der Waals surface area contributed by atoms with Crippen molar-refractivity contribution >= 4 is 34.8 Å². The van der Waals surface area contributed by atoms with Crippen molar-refractivity contribution in [1.29, 1.82) is 0 Å². The van der Waals surface area contributed by atoms with E-state index in [4.69, 9.17) is 11.6 Å². The monoisotopic (exact) mass is 476 g/mol. The average molecular weight is 477 g/mol. The van der Waals surface area contributed by atoms with E-state index < -0.39 is 11.0 Å². The summed E-state index contributed by atoms with van der Waals surface area (Å²) in [6, 6.07) is 9.87. The number of nitrogens with zero attached hydrogens (tertiary/aromatic N) is 2. The molecule has 1 saturated heterocycles. The van der Waals surface area contributed by atoms with Gasteiger partial charge in [-0.3, -0.25) is 24.6 Å². The van der Waals surface area contributed by atoms with E-state index in [2.05, 4.69) is 10.6 Å².